The molecule has 0 aliphatic rings. The number of phenols is 1. The van der Waals surface area contributed by atoms with Crippen molar-refractivity contribution in [2.75, 3.05) is 5.73 Å². The lowest BCUT2D eigenvalue weighted by Crippen LogP contribution is -1.97. The summed E-state index contributed by atoms with van der Waals surface area (Å²) < 4.78 is 0. The van der Waals surface area contributed by atoms with Gasteiger partial charge in [-0.3, -0.25) is 4.79 Å². The van der Waals surface area contributed by atoms with Crippen molar-refractivity contribution in [2.24, 2.45) is 0 Å². The van der Waals surface area contributed by atoms with Crippen molar-refractivity contribution in [1.82, 2.24) is 0 Å². The highest BCUT2D eigenvalue weighted by atomic mass is 16.3. The first-order valence-electron chi connectivity index (χ1n) is 3.59. The summed E-state index contributed by atoms with van der Waals surface area (Å²) in [4.78, 5) is 11.0. The average molecular weight is 176 g/mol. The summed E-state index contributed by atoms with van der Waals surface area (Å²) in [7, 11) is 0. The first-order chi connectivity index (χ1) is 6.06. The second-order valence-corrected chi connectivity index (χ2v) is 2.63. The Morgan fingerprint density at radius 1 is 1.62 bits per heavy atom. The molecule has 0 aliphatic heterocycles. The summed E-state index contributed by atoms with van der Waals surface area (Å²) in [6.07, 6.45) is 0. The van der Waals surface area contributed by atoms with Crippen molar-refractivity contribution >= 4 is 11.5 Å². The van der Waals surface area contributed by atoms with Gasteiger partial charge in [-0.05, 0) is 19.1 Å². The SMILES string of the molecule is CC(=O)c1cc(N)cc(C#N)c1O. The number of phenolic OH excluding ortho intramolecular Hbond substituents is 1. The molecular formula is C9H8N2O2. The standard InChI is InChI=1S/C9H8N2O2/c1-5(12)8-3-7(11)2-6(4-10)9(8)13/h2-3,13H,11H2,1H3. The van der Waals surface area contributed by atoms with E-state index in [4.69, 9.17) is 11.0 Å². The summed E-state index contributed by atoms with van der Waals surface area (Å²) in [5.41, 5.74) is 5.82. The van der Waals surface area contributed by atoms with Crippen LogP contribution in [-0.2, 0) is 0 Å². The molecule has 1 rings (SSSR count). The van der Waals surface area contributed by atoms with Crippen LogP contribution in [0.4, 0.5) is 5.69 Å². The van der Waals surface area contributed by atoms with Gasteiger partial charge in [0.05, 0.1) is 11.1 Å². The number of carbonyl (C=O) groups is 1. The maximum atomic E-state index is 11.0. The van der Waals surface area contributed by atoms with Gasteiger partial charge in [0.15, 0.2) is 5.78 Å². The fourth-order valence-electron chi connectivity index (χ4n) is 1.01. The summed E-state index contributed by atoms with van der Waals surface area (Å²) >= 11 is 0. The Hall–Kier alpha value is -2.02. The maximum Gasteiger partial charge on any atom is 0.163 e. The Kier molecular flexibility index (Phi) is 2.20. The Morgan fingerprint density at radius 3 is 2.69 bits per heavy atom. The molecule has 0 radical (unpaired) electrons. The number of Topliss-reactive ketones (excluding diaryl/α,β-unsaturated/α-hetero) is 1. The molecule has 3 N–H and O–H groups in total. The number of hydrogen-bond donors (Lipinski definition) is 2. The van der Waals surface area contributed by atoms with E-state index in [1.165, 1.54) is 19.1 Å². The van der Waals surface area contributed by atoms with Gasteiger partial charge >= 0.3 is 0 Å². The van der Waals surface area contributed by atoms with Crippen molar-refractivity contribution < 1.29 is 9.90 Å². The molecule has 0 heterocycles. The van der Waals surface area contributed by atoms with E-state index >= 15 is 0 Å². The van der Waals surface area contributed by atoms with Crippen LogP contribution in [0.25, 0.3) is 0 Å². The number of nitrogens with two attached hydrogens (primary N) is 1. The van der Waals surface area contributed by atoms with Crippen LogP contribution in [0.2, 0.25) is 0 Å². The second-order valence-electron chi connectivity index (χ2n) is 2.63. The average Bonchev–Trinajstić information content (AvgIpc) is 2.08. The van der Waals surface area contributed by atoms with Gasteiger partial charge in [-0.2, -0.15) is 5.26 Å². The normalized spacial score (nSPS) is 9.23. The molecule has 13 heavy (non-hydrogen) atoms. The Bertz CT molecular complexity index is 405. The van der Waals surface area contributed by atoms with E-state index in [0.717, 1.165) is 0 Å². The number of nitrogen functional groups attached to an aromatic ring is 1. The van der Waals surface area contributed by atoms with Gasteiger partial charge in [-0.1, -0.05) is 0 Å². The molecule has 66 valence electrons. The highest BCUT2D eigenvalue weighted by Gasteiger charge is 2.11. The summed E-state index contributed by atoms with van der Waals surface area (Å²) in [5.74, 6) is -0.620. The fourth-order valence-corrected chi connectivity index (χ4v) is 1.01. The molecule has 1 aromatic carbocycles. The summed E-state index contributed by atoms with van der Waals surface area (Å²) in [5, 5.41) is 18.0. The number of anilines is 1. The van der Waals surface area contributed by atoms with Crippen molar-refractivity contribution in [3.05, 3.63) is 23.3 Å². The van der Waals surface area contributed by atoms with E-state index in [2.05, 4.69) is 0 Å². The second kappa shape index (κ2) is 3.15. The van der Waals surface area contributed by atoms with Gasteiger partial charge in [-0.15, -0.1) is 0 Å². The molecule has 0 saturated carbocycles. The zero-order valence-electron chi connectivity index (χ0n) is 7.03. The minimum absolute atomic E-state index is 0.0187. The molecule has 0 amide bonds. The minimum Gasteiger partial charge on any atom is -0.506 e. The topological polar surface area (TPSA) is 87.1 Å². The highest BCUT2D eigenvalue weighted by molar-refractivity contribution is 5.98. The van der Waals surface area contributed by atoms with Gasteiger partial charge in [0, 0.05) is 5.69 Å². The van der Waals surface area contributed by atoms with Gasteiger partial charge < -0.3 is 10.8 Å². The molecule has 0 fully saturated rings. The Labute approximate surface area is 75.2 Å². The van der Waals surface area contributed by atoms with Crippen molar-refractivity contribution in [3.63, 3.8) is 0 Å². The molecule has 0 saturated heterocycles. The minimum atomic E-state index is -0.318. The molecule has 4 heteroatoms. The maximum absolute atomic E-state index is 11.0. The quantitative estimate of drug-likeness (QED) is 0.380. The Balaban J connectivity index is 3.47. The van der Waals surface area contributed by atoms with Crippen LogP contribution in [0.1, 0.15) is 22.8 Å². The number of nitriles is 1. The lowest BCUT2D eigenvalue weighted by atomic mass is 10.1. The van der Waals surface area contributed by atoms with Crippen LogP contribution < -0.4 is 5.73 Å². The lowest BCUT2D eigenvalue weighted by molar-refractivity contribution is 0.101. The fraction of sp³-hybridized carbons (Fsp3) is 0.111. The third-order valence-electron chi connectivity index (χ3n) is 1.63. The van der Waals surface area contributed by atoms with E-state index in [1.54, 1.807) is 6.07 Å². The van der Waals surface area contributed by atoms with E-state index < -0.39 is 0 Å². The van der Waals surface area contributed by atoms with Crippen molar-refractivity contribution in [3.8, 4) is 11.8 Å². The van der Waals surface area contributed by atoms with Crippen molar-refractivity contribution in [2.45, 2.75) is 6.92 Å². The van der Waals surface area contributed by atoms with Crippen LogP contribution >= 0.6 is 0 Å². The third kappa shape index (κ3) is 1.59. The largest absolute Gasteiger partial charge is 0.506 e. The van der Waals surface area contributed by atoms with E-state index in [9.17, 15) is 9.90 Å². The molecule has 4 nitrogen and oxygen atoms in total. The molecular weight excluding hydrogens is 168 g/mol. The molecule has 0 spiro atoms. The van der Waals surface area contributed by atoms with Crippen LogP contribution in [0.15, 0.2) is 12.1 Å². The van der Waals surface area contributed by atoms with Gasteiger partial charge in [0.1, 0.15) is 11.8 Å². The summed E-state index contributed by atoms with van der Waals surface area (Å²) in [6, 6.07) is 4.42. The zero-order chi connectivity index (χ0) is 10.0. The third-order valence-corrected chi connectivity index (χ3v) is 1.63. The predicted molar refractivity (Wildman–Crippen MR) is 47.2 cm³/mol. The van der Waals surface area contributed by atoms with E-state index in [1.807, 2.05) is 0 Å². The zero-order valence-corrected chi connectivity index (χ0v) is 7.03. The van der Waals surface area contributed by atoms with E-state index in [-0.39, 0.29) is 22.7 Å². The van der Waals surface area contributed by atoms with Gasteiger partial charge in [0.2, 0.25) is 0 Å². The number of ketones is 1. The molecule has 0 unspecified atom stereocenters. The van der Waals surface area contributed by atoms with Crippen LogP contribution in [0.5, 0.6) is 5.75 Å². The number of aromatic hydroxyl groups is 1. The molecule has 0 atom stereocenters. The van der Waals surface area contributed by atoms with Crippen LogP contribution in [-0.4, -0.2) is 10.9 Å². The number of benzene rings is 1. The molecule has 0 bridgehead atoms. The van der Waals surface area contributed by atoms with E-state index in [0.29, 0.717) is 5.69 Å². The van der Waals surface area contributed by atoms with Crippen molar-refractivity contribution in [1.29, 1.82) is 5.26 Å². The number of hydrogen-bond acceptors (Lipinski definition) is 4. The number of nitrogens with zero attached hydrogens (tertiary/aromatic N) is 1. The van der Waals surface area contributed by atoms with Gasteiger partial charge in [-0.25, -0.2) is 0 Å². The predicted octanol–water partition coefficient (Wildman–Crippen LogP) is 1.05. The Morgan fingerprint density at radius 2 is 2.23 bits per heavy atom. The monoisotopic (exact) mass is 176 g/mol. The molecule has 1 aromatic rings. The molecule has 0 aliphatic carbocycles. The van der Waals surface area contributed by atoms with Crippen LogP contribution in [0.3, 0.4) is 0 Å². The van der Waals surface area contributed by atoms with Gasteiger partial charge in [0.25, 0.3) is 0 Å². The first kappa shape index (κ1) is 9.07. The molecule has 0 aromatic heterocycles. The highest BCUT2D eigenvalue weighted by Crippen LogP contribution is 2.25. The first-order valence-corrected chi connectivity index (χ1v) is 3.59. The number of rotatable bonds is 1. The summed E-state index contributed by atoms with van der Waals surface area (Å²) in [6.45, 7) is 1.30. The number of carbonyl (C=O) groups excluding carboxylic acids is 1. The smallest absolute Gasteiger partial charge is 0.163 e. The van der Waals surface area contributed by atoms with Crippen LogP contribution in [0, 0.1) is 11.3 Å². The lowest BCUT2D eigenvalue weighted by Gasteiger charge is -2.03.